The second kappa shape index (κ2) is 7.00. The van der Waals surface area contributed by atoms with Gasteiger partial charge in [0, 0.05) is 19.8 Å². The van der Waals surface area contributed by atoms with E-state index >= 15 is 0 Å². The van der Waals surface area contributed by atoms with Crippen LogP contribution in [0.25, 0.3) is 11.0 Å². The second-order valence-electron chi connectivity index (χ2n) is 4.64. The van der Waals surface area contributed by atoms with E-state index in [0.717, 1.165) is 31.4 Å². The van der Waals surface area contributed by atoms with Crippen molar-refractivity contribution >= 4 is 17.0 Å². The van der Waals surface area contributed by atoms with Gasteiger partial charge in [-0.15, -0.1) is 5.10 Å². The molecule has 0 amide bonds. The Morgan fingerprint density at radius 3 is 2.90 bits per heavy atom. The Balaban J connectivity index is 1.96. The Morgan fingerprint density at radius 2 is 2.15 bits per heavy atom. The summed E-state index contributed by atoms with van der Waals surface area (Å²) in [5.41, 5.74) is 1.71. The molecule has 6 heteroatoms. The van der Waals surface area contributed by atoms with Crippen molar-refractivity contribution in [3.8, 4) is 0 Å². The molecule has 1 aromatic carbocycles. The SMILES string of the molecule is CCCCOCCCn1nnc2ccc(C(=O)O)cc21. The normalized spacial score (nSPS) is 11.1. The molecule has 0 radical (unpaired) electrons. The number of unbranched alkanes of at least 4 members (excludes halogenated alkanes) is 1. The molecule has 2 aromatic rings. The summed E-state index contributed by atoms with van der Waals surface area (Å²) in [5.74, 6) is -0.942. The van der Waals surface area contributed by atoms with Gasteiger partial charge in [0.05, 0.1) is 11.1 Å². The Kier molecular flexibility index (Phi) is 5.06. The number of fused-ring (bicyclic) bond motifs is 1. The van der Waals surface area contributed by atoms with Crippen LogP contribution in [-0.4, -0.2) is 39.3 Å². The van der Waals surface area contributed by atoms with Gasteiger partial charge in [0.15, 0.2) is 0 Å². The molecule has 0 fully saturated rings. The van der Waals surface area contributed by atoms with Crippen LogP contribution in [0.5, 0.6) is 0 Å². The van der Waals surface area contributed by atoms with Crippen LogP contribution >= 0.6 is 0 Å². The van der Waals surface area contributed by atoms with E-state index in [1.165, 1.54) is 6.07 Å². The average molecular weight is 277 g/mol. The highest BCUT2D eigenvalue weighted by molar-refractivity contribution is 5.92. The Labute approximate surface area is 117 Å². The van der Waals surface area contributed by atoms with E-state index in [1.54, 1.807) is 16.8 Å². The predicted octanol–water partition coefficient (Wildman–Crippen LogP) is 2.34. The monoisotopic (exact) mass is 277 g/mol. The zero-order valence-corrected chi connectivity index (χ0v) is 11.6. The summed E-state index contributed by atoms with van der Waals surface area (Å²) in [7, 11) is 0. The second-order valence-corrected chi connectivity index (χ2v) is 4.64. The number of carboxylic acids is 1. The van der Waals surface area contributed by atoms with Crippen molar-refractivity contribution in [1.82, 2.24) is 15.0 Å². The van der Waals surface area contributed by atoms with E-state index in [-0.39, 0.29) is 5.56 Å². The molecule has 6 nitrogen and oxygen atoms in total. The summed E-state index contributed by atoms with van der Waals surface area (Å²) >= 11 is 0. The number of carbonyl (C=O) groups is 1. The number of aryl methyl sites for hydroxylation is 1. The van der Waals surface area contributed by atoms with Gasteiger partial charge >= 0.3 is 5.97 Å². The number of aromatic nitrogens is 3. The molecule has 0 saturated carbocycles. The molecule has 1 heterocycles. The molecule has 0 saturated heterocycles. The largest absolute Gasteiger partial charge is 0.478 e. The molecule has 0 aliphatic heterocycles. The highest BCUT2D eigenvalue weighted by Crippen LogP contribution is 2.14. The molecule has 0 bridgehead atoms. The van der Waals surface area contributed by atoms with Crippen molar-refractivity contribution in [1.29, 1.82) is 0 Å². The van der Waals surface area contributed by atoms with Crippen LogP contribution in [-0.2, 0) is 11.3 Å². The van der Waals surface area contributed by atoms with Crippen molar-refractivity contribution in [2.75, 3.05) is 13.2 Å². The number of nitrogens with zero attached hydrogens (tertiary/aromatic N) is 3. The predicted molar refractivity (Wildman–Crippen MR) is 74.8 cm³/mol. The first-order valence-electron chi connectivity index (χ1n) is 6.86. The third kappa shape index (κ3) is 3.54. The van der Waals surface area contributed by atoms with Crippen LogP contribution < -0.4 is 0 Å². The third-order valence-electron chi connectivity index (χ3n) is 3.06. The number of rotatable bonds is 8. The number of hydrogen-bond donors (Lipinski definition) is 1. The highest BCUT2D eigenvalue weighted by atomic mass is 16.5. The smallest absolute Gasteiger partial charge is 0.335 e. The topological polar surface area (TPSA) is 77.2 Å². The summed E-state index contributed by atoms with van der Waals surface area (Å²) in [5, 5.41) is 17.1. The molecule has 0 spiro atoms. The molecule has 20 heavy (non-hydrogen) atoms. The van der Waals surface area contributed by atoms with E-state index in [0.29, 0.717) is 18.7 Å². The van der Waals surface area contributed by atoms with Crippen molar-refractivity contribution in [3.05, 3.63) is 23.8 Å². The van der Waals surface area contributed by atoms with Crippen LogP contribution in [0.1, 0.15) is 36.5 Å². The quantitative estimate of drug-likeness (QED) is 0.749. The van der Waals surface area contributed by atoms with Gasteiger partial charge in [-0.2, -0.15) is 0 Å². The minimum atomic E-state index is -0.942. The first-order valence-corrected chi connectivity index (χ1v) is 6.86. The maximum atomic E-state index is 11.0. The fraction of sp³-hybridized carbons (Fsp3) is 0.500. The number of ether oxygens (including phenoxy) is 1. The molecule has 1 N–H and O–H groups in total. The van der Waals surface area contributed by atoms with Crippen molar-refractivity contribution < 1.29 is 14.6 Å². The first kappa shape index (κ1) is 14.5. The first-order chi connectivity index (χ1) is 9.72. The highest BCUT2D eigenvalue weighted by Gasteiger charge is 2.08. The summed E-state index contributed by atoms with van der Waals surface area (Å²) in [4.78, 5) is 11.0. The van der Waals surface area contributed by atoms with E-state index in [9.17, 15) is 4.79 Å². The lowest BCUT2D eigenvalue weighted by Gasteiger charge is -2.04. The van der Waals surface area contributed by atoms with Crippen LogP contribution in [0.15, 0.2) is 18.2 Å². The molecule has 0 unspecified atom stereocenters. The number of benzene rings is 1. The molecule has 1 aromatic heterocycles. The molecular formula is C14H19N3O3. The lowest BCUT2D eigenvalue weighted by atomic mass is 10.2. The zero-order chi connectivity index (χ0) is 14.4. The molecular weight excluding hydrogens is 258 g/mol. The molecule has 2 rings (SSSR count). The van der Waals surface area contributed by atoms with Crippen LogP contribution in [0.4, 0.5) is 0 Å². The summed E-state index contributed by atoms with van der Waals surface area (Å²) in [6, 6.07) is 4.83. The number of aromatic carboxylic acids is 1. The van der Waals surface area contributed by atoms with Crippen LogP contribution in [0.2, 0.25) is 0 Å². The van der Waals surface area contributed by atoms with Gasteiger partial charge in [-0.25, -0.2) is 9.48 Å². The van der Waals surface area contributed by atoms with Crippen LogP contribution in [0.3, 0.4) is 0 Å². The standard InChI is InChI=1S/C14H19N3O3/c1-2-3-8-20-9-4-7-17-13-10-11(14(18)19)5-6-12(13)15-16-17/h5-6,10H,2-4,7-9H2,1H3,(H,18,19). The van der Waals surface area contributed by atoms with E-state index in [4.69, 9.17) is 9.84 Å². The van der Waals surface area contributed by atoms with E-state index < -0.39 is 5.97 Å². The van der Waals surface area contributed by atoms with Gasteiger partial charge in [0.2, 0.25) is 0 Å². The Hall–Kier alpha value is -1.95. The number of hydrogen-bond acceptors (Lipinski definition) is 4. The zero-order valence-electron chi connectivity index (χ0n) is 11.6. The summed E-state index contributed by atoms with van der Waals surface area (Å²) in [6.45, 7) is 4.27. The fourth-order valence-electron chi connectivity index (χ4n) is 1.93. The van der Waals surface area contributed by atoms with Gasteiger partial charge in [-0.3, -0.25) is 0 Å². The van der Waals surface area contributed by atoms with Crippen molar-refractivity contribution in [3.63, 3.8) is 0 Å². The van der Waals surface area contributed by atoms with Gasteiger partial charge in [-0.05, 0) is 31.0 Å². The van der Waals surface area contributed by atoms with E-state index in [2.05, 4.69) is 17.2 Å². The van der Waals surface area contributed by atoms with Gasteiger partial charge in [0.1, 0.15) is 5.52 Å². The van der Waals surface area contributed by atoms with Crippen molar-refractivity contribution in [2.45, 2.75) is 32.7 Å². The summed E-state index contributed by atoms with van der Waals surface area (Å²) in [6.07, 6.45) is 3.04. The summed E-state index contributed by atoms with van der Waals surface area (Å²) < 4.78 is 7.22. The van der Waals surface area contributed by atoms with Crippen molar-refractivity contribution in [2.24, 2.45) is 0 Å². The van der Waals surface area contributed by atoms with Crippen LogP contribution in [0, 0.1) is 0 Å². The number of carboxylic acid groups (broad SMARTS) is 1. The lowest BCUT2D eigenvalue weighted by Crippen LogP contribution is -2.05. The Bertz CT molecular complexity index is 580. The third-order valence-corrected chi connectivity index (χ3v) is 3.06. The maximum absolute atomic E-state index is 11.0. The van der Waals surface area contributed by atoms with Gasteiger partial charge < -0.3 is 9.84 Å². The Morgan fingerprint density at radius 1 is 1.35 bits per heavy atom. The minimum Gasteiger partial charge on any atom is -0.478 e. The maximum Gasteiger partial charge on any atom is 0.335 e. The average Bonchev–Trinajstić information content (AvgIpc) is 2.85. The lowest BCUT2D eigenvalue weighted by molar-refractivity contribution is 0.0697. The molecule has 0 aliphatic rings. The molecule has 0 aliphatic carbocycles. The molecule has 0 atom stereocenters. The minimum absolute atomic E-state index is 0.250. The fourth-order valence-corrected chi connectivity index (χ4v) is 1.93. The van der Waals surface area contributed by atoms with E-state index in [1.807, 2.05) is 0 Å². The van der Waals surface area contributed by atoms with Gasteiger partial charge in [-0.1, -0.05) is 18.6 Å². The van der Waals surface area contributed by atoms with Gasteiger partial charge in [0.25, 0.3) is 0 Å². The molecule has 108 valence electrons.